The topological polar surface area (TPSA) is 86.8 Å². The van der Waals surface area contributed by atoms with E-state index < -0.39 is 0 Å². The van der Waals surface area contributed by atoms with Gasteiger partial charge in [-0.1, -0.05) is 0 Å². The fourth-order valence-corrected chi connectivity index (χ4v) is 4.19. The molecule has 0 atom stereocenters. The summed E-state index contributed by atoms with van der Waals surface area (Å²) in [6.07, 6.45) is 0. The predicted octanol–water partition coefficient (Wildman–Crippen LogP) is 0.411. The van der Waals surface area contributed by atoms with Gasteiger partial charge in [-0.3, -0.25) is 18.8 Å². The lowest BCUT2D eigenvalue weighted by Gasteiger charge is -2.36. The lowest BCUT2D eigenvalue weighted by atomic mass is 10.2. The van der Waals surface area contributed by atoms with Crippen molar-refractivity contribution in [3.05, 3.63) is 50.9 Å². The van der Waals surface area contributed by atoms with E-state index in [9.17, 15) is 9.59 Å². The Labute approximate surface area is 186 Å². The van der Waals surface area contributed by atoms with Gasteiger partial charge in [0.25, 0.3) is 5.56 Å². The molecule has 0 radical (unpaired) electrons. The molecule has 10 heteroatoms. The molecule has 2 aromatic heterocycles. The summed E-state index contributed by atoms with van der Waals surface area (Å²) in [7, 11) is 6.44. The van der Waals surface area contributed by atoms with Gasteiger partial charge in [-0.05, 0) is 24.3 Å². The molecule has 1 aliphatic rings. The van der Waals surface area contributed by atoms with Crippen LogP contribution < -0.4 is 20.9 Å². The van der Waals surface area contributed by atoms with Crippen molar-refractivity contribution < 1.29 is 9.47 Å². The first-order valence-electron chi connectivity index (χ1n) is 10.7. The second-order valence-corrected chi connectivity index (χ2v) is 8.01. The highest BCUT2D eigenvalue weighted by Crippen LogP contribution is 2.21. The van der Waals surface area contributed by atoms with Gasteiger partial charge in [0.15, 0.2) is 11.2 Å². The van der Waals surface area contributed by atoms with Crippen LogP contribution in [0.1, 0.15) is 5.82 Å². The summed E-state index contributed by atoms with van der Waals surface area (Å²) in [4.78, 5) is 34.6. The summed E-state index contributed by atoms with van der Waals surface area (Å²) in [5.74, 6) is 1.62. The van der Waals surface area contributed by atoms with Crippen LogP contribution >= 0.6 is 0 Å². The van der Waals surface area contributed by atoms with Crippen LogP contribution in [0.15, 0.2) is 33.9 Å². The van der Waals surface area contributed by atoms with Crippen molar-refractivity contribution in [1.29, 1.82) is 0 Å². The highest BCUT2D eigenvalue weighted by molar-refractivity contribution is 5.71. The summed E-state index contributed by atoms with van der Waals surface area (Å²) in [5, 5.41) is 0. The molecule has 1 saturated heterocycles. The van der Waals surface area contributed by atoms with E-state index in [0.29, 0.717) is 30.9 Å². The number of aromatic nitrogens is 4. The SMILES string of the molecule is COCCn1c(CN2CCN(c3ccc(OC)cc3)CC2)nc2c1c(=O)n(C)c(=O)n2C. The summed E-state index contributed by atoms with van der Waals surface area (Å²) in [6.45, 7) is 5.09. The zero-order chi connectivity index (χ0) is 22.8. The second-order valence-electron chi connectivity index (χ2n) is 8.01. The van der Waals surface area contributed by atoms with Crippen LogP contribution in [0.5, 0.6) is 5.75 Å². The number of ether oxygens (including phenoxy) is 2. The maximum atomic E-state index is 12.9. The summed E-state index contributed by atoms with van der Waals surface area (Å²) >= 11 is 0. The number of imidazole rings is 1. The highest BCUT2D eigenvalue weighted by atomic mass is 16.5. The Morgan fingerprint density at radius 3 is 2.28 bits per heavy atom. The van der Waals surface area contributed by atoms with Crippen molar-refractivity contribution in [2.75, 3.05) is 51.9 Å². The molecular weight excluding hydrogens is 412 g/mol. The van der Waals surface area contributed by atoms with E-state index in [1.165, 1.54) is 17.3 Å². The number of hydrogen-bond donors (Lipinski definition) is 0. The summed E-state index contributed by atoms with van der Waals surface area (Å²) < 4.78 is 15.0. The Kier molecular flexibility index (Phi) is 6.33. The number of benzene rings is 1. The minimum absolute atomic E-state index is 0.331. The van der Waals surface area contributed by atoms with Gasteiger partial charge >= 0.3 is 5.69 Å². The Hall–Kier alpha value is -3.11. The number of anilines is 1. The molecule has 172 valence electrons. The maximum absolute atomic E-state index is 12.9. The fourth-order valence-electron chi connectivity index (χ4n) is 4.19. The van der Waals surface area contributed by atoms with E-state index in [2.05, 4.69) is 21.9 Å². The van der Waals surface area contributed by atoms with Gasteiger partial charge in [0.05, 0.1) is 20.3 Å². The molecule has 32 heavy (non-hydrogen) atoms. The molecule has 3 heterocycles. The Morgan fingerprint density at radius 2 is 1.66 bits per heavy atom. The van der Waals surface area contributed by atoms with Crippen molar-refractivity contribution in [2.45, 2.75) is 13.1 Å². The molecule has 10 nitrogen and oxygen atoms in total. The smallest absolute Gasteiger partial charge is 0.332 e. The van der Waals surface area contributed by atoms with Crippen LogP contribution in [0, 0.1) is 0 Å². The van der Waals surface area contributed by atoms with Crippen LogP contribution in [-0.4, -0.2) is 70.6 Å². The molecule has 0 spiro atoms. The van der Waals surface area contributed by atoms with Gasteiger partial charge in [-0.2, -0.15) is 0 Å². The monoisotopic (exact) mass is 442 g/mol. The van der Waals surface area contributed by atoms with Crippen LogP contribution in [-0.2, 0) is 31.9 Å². The normalized spacial score (nSPS) is 14.9. The van der Waals surface area contributed by atoms with E-state index in [0.717, 1.165) is 42.3 Å². The van der Waals surface area contributed by atoms with Gasteiger partial charge < -0.3 is 18.9 Å². The molecule has 1 aromatic carbocycles. The van der Waals surface area contributed by atoms with E-state index in [-0.39, 0.29) is 11.2 Å². The first-order valence-corrected chi connectivity index (χ1v) is 10.7. The molecule has 1 fully saturated rings. The molecule has 0 amide bonds. The largest absolute Gasteiger partial charge is 0.497 e. The van der Waals surface area contributed by atoms with Crippen molar-refractivity contribution in [1.82, 2.24) is 23.6 Å². The predicted molar refractivity (Wildman–Crippen MR) is 123 cm³/mol. The van der Waals surface area contributed by atoms with Crippen LogP contribution in [0.3, 0.4) is 0 Å². The molecule has 0 aliphatic carbocycles. The van der Waals surface area contributed by atoms with Crippen molar-refractivity contribution in [2.24, 2.45) is 14.1 Å². The van der Waals surface area contributed by atoms with Gasteiger partial charge in [-0.25, -0.2) is 9.78 Å². The number of aryl methyl sites for hydroxylation is 1. The number of methoxy groups -OCH3 is 2. The zero-order valence-electron chi connectivity index (χ0n) is 19.1. The van der Waals surface area contributed by atoms with Crippen LogP contribution in [0.4, 0.5) is 5.69 Å². The number of fused-ring (bicyclic) bond motifs is 1. The lowest BCUT2D eigenvalue weighted by Crippen LogP contribution is -2.46. The molecular formula is C22H30N6O4. The zero-order valence-corrected chi connectivity index (χ0v) is 19.1. The van der Waals surface area contributed by atoms with Crippen LogP contribution in [0.25, 0.3) is 11.2 Å². The Bertz CT molecular complexity index is 1200. The highest BCUT2D eigenvalue weighted by Gasteiger charge is 2.23. The lowest BCUT2D eigenvalue weighted by molar-refractivity contribution is 0.184. The molecule has 1 aliphatic heterocycles. The summed E-state index contributed by atoms with van der Waals surface area (Å²) in [5.41, 5.74) is 1.33. The quantitative estimate of drug-likeness (QED) is 0.524. The summed E-state index contributed by atoms with van der Waals surface area (Å²) in [6, 6.07) is 8.11. The molecule has 0 N–H and O–H groups in total. The van der Waals surface area contributed by atoms with Gasteiger partial charge in [-0.15, -0.1) is 0 Å². The van der Waals surface area contributed by atoms with Gasteiger partial charge in [0, 0.05) is 59.6 Å². The minimum atomic E-state index is -0.376. The first kappa shape index (κ1) is 22.1. The van der Waals surface area contributed by atoms with Crippen LogP contribution in [0.2, 0.25) is 0 Å². The third kappa shape index (κ3) is 4.03. The Balaban J connectivity index is 1.56. The van der Waals surface area contributed by atoms with Crippen molar-refractivity contribution >= 4 is 16.9 Å². The number of nitrogens with zero attached hydrogens (tertiary/aromatic N) is 6. The molecule has 3 aromatic rings. The first-order chi connectivity index (χ1) is 15.4. The second kappa shape index (κ2) is 9.17. The van der Waals surface area contributed by atoms with E-state index in [1.54, 1.807) is 21.3 Å². The van der Waals surface area contributed by atoms with Crippen molar-refractivity contribution in [3.63, 3.8) is 0 Å². The maximum Gasteiger partial charge on any atom is 0.332 e. The number of hydrogen-bond acceptors (Lipinski definition) is 7. The third-order valence-electron chi connectivity index (χ3n) is 6.12. The van der Waals surface area contributed by atoms with Crippen molar-refractivity contribution in [3.8, 4) is 5.75 Å². The average Bonchev–Trinajstić information content (AvgIpc) is 3.18. The standard InChI is InChI=1S/C22H30N6O4/c1-24-20-19(21(29)25(2)22(24)30)28(13-14-31-3)18(23-20)15-26-9-11-27(12-10-26)16-5-7-17(32-4)8-6-16/h5-8H,9-15H2,1-4H3. The third-order valence-corrected chi connectivity index (χ3v) is 6.12. The van der Waals surface area contributed by atoms with E-state index in [4.69, 9.17) is 14.5 Å². The number of rotatable bonds is 7. The number of piperazine rings is 1. The average molecular weight is 443 g/mol. The van der Waals surface area contributed by atoms with E-state index >= 15 is 0 Å². The van der Waals surface area contributed by atoms with Gasteiger partial charge in [0.1, 0.15) is 11.6 Å². The molecule has 0 unspecified atom stereocenters. The minimum Gasteiger partial charge on any atom is -0.497 e. The molecule has 0 saturated carbocycles. The molecule has 4 rings (SSSR count). The Morgan fingerprint density at radius 1 is 0.969 bits per heavy atom. The molecule has 0 bridgehead atoms. The van der Waals surface area contributed by atoms with E-state index in [1.807, 2.05) is 16.7 Å². The fraction of sp³-hybridized carbons (Fsp3) is 0.500. The van der Waals surface area contributed by atoms with Gasteiger partial charge in [0.2, 0.25) is 0 Å².